The molecule has 0 aliphatic carbocycles. The number of aromatic nitrogens is 2. The van der Waals surface area contributed by atoms with Crippen LogP contribution in [0.15, 0.2) is 4.47 Å². The number of halogens is 1. The Morgan fingerprint density at radius 3 is 2.65 bits per heavy atom. The molecule has 1 unspecified atom stereocenters. The predicted octanol–water partition coefficient (Wildman–Crippen LogP) is 2.52. The summed E-state index contributed by atoms with van der Waals surface area (Å²) in [4.78, 5) is 2.42. The van der Waals surface area contributed by atoms with Crippen molar-refractivity contribution in [2.24, 2.45) is 7.05 Å². The molecule has 1 atom stereocenters. The monoisotopic (exact) mass is 343 g/mol. The molecule has 0 saturated carbocycles. The van der Waals surface area contributed by atoms with Crippen molar-refractivity contribution in [1.82, 2.24) is 14.7 Å². The average Bonchev–Trinajstić information content (AvgIpc) is 2.61. The van der Waals surface area contributed by atoms with Crippen LogP contribution in [0.2, 0.25) is 0 Å². The summed E-state index contributed by atoms with van der Waals surface area (Å²) in [5.41, 5.74) is 1.61. The van der Waals surface area contributed by atoms with Gasteiger partial charge < -0.3 is 10.0 Å². The molecule has 0 aromatic carbocycles. The minimum atomic E-state index is -0.592. The maximum absolute atomic E-state index is 11.0. The molecular weight excluding hydrogens is 318 g/mol. The van der Waals surface area contributed by atoms with Gasteiger partial charge in [-0.25, -0.2) is 0 Å². The third kappa shape index (κ3) is 3.43. The second-order valence-electron chi connectivity index (χ2n) is 5.87. The number of aliphatic hydroxyl groups is 1. The largest absolute Gasteiger partial charge is 0.389 e. The first-order chi connectivity index (χ1) is 9.49. The molecule has 1 aliphatic rings. The number of rotatable bonds is 4. The van der Waals surface area contributed by atoms with Crippen LogP contribution in [0.25, 0.3) is 0 Å². The van der Waals surface area contributed by atoms with E-state index in [1.165, 1.54) is 0 Å². The molecule has 1 saturated heterocycles. The van der Waals surface area contributed by atoms with Crippen molar-refractivity contribution in [1.29, 1.82) is 0 Å². The topological polar surface area (TPSA) is 41.3 Å². The molecule has 0 radical (unpaired) electrons. The van der Waals surface area contributed by atoms with E-state index >= 15 is 0 Å². The summed E-state index contributed by atoms with van der Waals surface area (Å²) in [6, 6.07) is 0. The van der Waals surface area contributed by atoms with E-state index in [9.17, 15) is 5.11 Å². The van der Waals surface area contributed by atoms with E-state index in [1.807, 2.05) is 11.7 Å². The van der Waals surface area contributed by atoms with Gasteiger partial charge in [-0.15, -0.1) is 0 Å². The van der Waals surface area contributed by atoms with Crippen LogP contribution < -0.4 is 0 Å². The average molecular weight is 344 g/mol. The number of likely N-dealkylation sites (tertiary alicyclic amines) is 1. The zero-order valence-electron chi connectivity index (χ0n) is 12.8. The van der Waals surface area contributed by atoms with Gasteiger partial charge in [0.2, 0.25) is 0 Å². The fourth-order valence-electron chi connectivity index (χ4n) is 3.05. The zero-order valence-corrected chi connectivity index (χ0v) is 14.4. The van der Waals surface area contributed by atoms with Crippen molar-refractivity contribution in [2.45, 2.75) is 51.6 Å². The van der Waals surface area contributed by atoms with E-state index in [2.05, 4.69) is 39.8 Å². The normalized spacial score (nSPS) is 24.9. The summed E-state index contributed by atoms with van der Waals surface area (Å²) >= 11 is 3.65. The van der Waals surface area contributed by atoms with Gasteiger partial charge in [-0.2, -0.15) is 5.10 Å². The van der Waals surface area contributed by atoms with Gasteiger partial charge in [-0.05, 0) is 54.7 Å². The molecule has 0 bridgehead atoms. The van der Waals surface area contributed by atoms with Crippen LogP contribution in [-0.2, 0) is 19.9 Å². The van der Waals surface area contributed by atoms with Gasteiger partial charge >= 0.3 is 0 Å². The highest BCUT2D eigenvalue weighted by molar-refractivity contribution is 9.10. The van der Waals surface area contributed by atoms with Crippen molar-refractivity contribution in [3.63, 3.8) is 0 Å². The Labute approximate surface area is 130 Å². The second-order valence-corrected chi connectivity index (χ2v) is 6.67. The smallest absolute Gasteiger partial charge is 0.0766 e. The minimum absolute atomic E-state index is 0.592. The Bertz CT molecular complexity index is 460. The highest BCUT2D eigenvalue weighted by Gasteiger charge is 2.32. The van der Waals surface area contributed by atoms with Crippen molar-refractivity contribution in [2.75, 3.05) is 19.6 Å². The summed E-state index contributed by atoms with van der Waals surface area (Å²) in [6.45, 7) is 7.46. The first kappa shape index (κ1) is 16.0. The Balaban J connectivity index is 2.14. The van der Waals surface area contributed by atoms with Crippen LogP contribution in [0.5, 0.6) is 0 Å². The molecule has 0 amide bonds. The van der Waals surface area contributed by atoms with Crippen LogP contribution in [0, 0.1) is 0 Å². The molecule has 1 aromatic heterocycles. The SMILES string of the molecule is CCc1nn(C)c(CC2(O)CCCN(CC)CC2)c1Br. The highest BCUT2D eigenvalue weighted by atomic mass is 79.9. The van der Waals surface area contributed by atoms with Gasteiger partial charge in [0.1, 0.15) is 0 Å². The Morgan fingerprint density at radius 1 is 1.30 bits per heavy atom. The molecule has 1 aromatic rings. The van der Waals surface area contributed by atoms with Gasteiger partial charge in [0.15, 0.2) is 0 Å². The van der Waals surface area contributed by atoms with E-state index in [-0.39, 0.29) is 0 Å². The molecule has 1 aliphatic heterocycles. The van der Waals surface area contributed by atoms with Crippen LogP contribution in [0.3, 0.4) is 0 Å². The Morgan fingerprint density at radius 2 is 2.05 bits per heavy atom. The third-order valence-electron chi connectivity index (χ3n) is 4.46. The van der Waals surface area contributed by atoms with Crippen molar-refractivity contribution < 1.29 is 5.11 Å². The second kappa shape index (κ2) is 6.58. The zero-order chi connectivity index (χ0) is 14.8. The van der Waals surface area contributed by atoms with E-state index in [0.29, 0.717) is 6.42 Å². The van der Waals surface area contributed by atoms with Gasteiger partial charge in [-0.3, -0.25) is 4.68 Å². The quantitative estimate of drug-likeness (QED) is 0.913. The van der Waals surface area contributed by atoms with Crippen LogP contribution in [0.4, 0.5) is 0 Å². The van der Waals surface area contributed by atoms with E-state index < -0.39 is 5.60 Å². The molecule has 5 heteroatoms. The van der Waals surface area contributed by atoms with E-state index in [0.717, 1.165) is 61.2 Å². The molecule has 2 rings (SSSR count). The Hall–Kier alpha value is -0.390. The molecule has 1 fully saturated rings. The standard InChI is InChI=1S/C15H26BrN3O/c1-4-12-14(16)13(18(3)17-12)11-15(20)7-6-9-19(5-2)10-8-15/h20H,4-11H2,1-3H3. The molecule has 20 heavy (non-hydrogen) atoms. The molecule has 1 N–H and O–H groups in total. The Kier molecular flexibility index (Phi) is 5.26. The molecule has 114 valence electrons. The van der Waals surface area contributed by atoms with Gasteiger partial charge in [0.05, 0.1) is 21.5 Å². The lowest BCUT2D eigenvalue weighted by Gasteiger charge is -2.27. The van der Waals surface area contributed by atoms with Gasteiger partial charge in [0, 0.05) is 20.0 Å². The number of hydrogen-bond donors (Lipinski definition) is 1. The van der Waals surface area contributed by atoms with Crippen LogP contribution in [0.1, 0.15) is 44.5 Å². The van der Waals surface area contributed by atoms with E-state index in [4.69, 9.17) is 0 Å². The highest BCUT2D eigenvalue weighted by Crippen LogP contribution is 2.30. The van der Waals surface area contributed by atoms with Crippen LogP contribution >= 0.6 is 15.9 Å². The number of nitrogens with zero attached hydrogens (tertiary/aromatic N) is 3. The van der Waals surface area contributed by atoms with Crippen molar-refractivity contribution in [3.8, 4) is 0 Å². The molecule has 0 spiro atoms. The first-order valence-electron chi connectivity index (χ1n) is 7.64. The minimum Gasteiger partial charge on any atom is -0.389 e. The lowest BCUT2D eigenvalue weighted by Crippen LogP contribution is -2.34. The fourth-order valence-corrected chi connectivity index (χ4v) is 3.81. The predicted molar refractivity (Wildman–Crippen MR) is 84.9 cm³/mol. The summed E-state index contributed by atoms with van der Waals surface area (Å²) in [5, 5.41) is 15.5. The number of aryl methyl sites for hydroxylation is 2. The summed E-state index contributed by atoms with van der Waals surface area (Å²) in [6.07, 6.45) is 4.40. The number of hydrogen-bond acceptors (Lipinski definition) is 3. The summed E-state index contributed by atoms with van der Waals surface area (Å²) < 4.78 is 3.00. The van der Waals surface area contributed by atoms with Crippen molar-refractivity contribution in [3.05, 3.63) is 15.9 Å². The van der Waals surface area contributed by atoms with Gasteiger partial charge in [-0.1, -0.05) is 13.8 Å². The first-order valence-corrected chi connectivity index (χ1v) is 8.43. The lowest BCUT2D eigenvalue weighted by molar-refractivity contribution is 0.0240. The maximum atomic E-state index is 11.0. The third-order valence-corrected chi connectivity index (χ3v) is 5.37. The molecule has 4 nitrogen and oxygen atoms in total. The van der Waals surface area contributed by atoms with E-state index in [1.54, 1.807) is 0 Å². The fraction of sp³-hybridized carbons (Fsp3) is 0.800. The summed E-state index contributed by atoms with van der Waals surface area (Å²) in [5.74, 6) is 0. The lowest BCUT2D eigenvalue weighted by atomic mass is 9.89. The molecule has 2 heterocycles. The van der Waals surface area contributed by atoms with Crippen LogP contribution in [-0.4, -0.2) is 45.0 Å². The summed E-state index contributed by atoms with van der Waals surface area (Å²) in [7, 11) is 1.97. The van der Waals surface area contributed by atoms with Gasteiger partial charge in [0.25, 0.3) is 0 Å². The molecular formula is C15H26BrN3O. The maximum Gasteiger partial charge on any atom is 0.0766 e. The van der Waals surface area contributed by atoms with Crippen molar-refractivity contribution >= 4 is 15.9 Å².